The minimum atomic E-state index is -0.622. The van der Waals surface area contributed by atoms with Crippen LogP contribution in [-0.2, 0) is 19.1 Å². The quantitative estimate of drug-likeness (QED) is 0.623. The predicted octanol–water partition coefficient (Wildman–Crippen LogP) is 2.01. The number of methoxy groups -OCH3 is 1. The zero-order valence-electron chi connectivity index (χ0n) is 15.3. The highest BCUT2D eigenvalue weighted by atomic mass is 16.5. The molecule has 0 saturated carbocycles. The van der Waals surface area contributed by atoms with Crippen molar-refractivity contribution in [1.29, 1.82) is 0 Å². The topological polar surface area (TPSA) is 75.7 Å². The molecule has 1 aromatic carbocycles. The standard InChI is InChI=1S/C20H26N2O4/c1-15(23)21-18(20(25)26-2)14-17-10-12-22(13-11-17)19(24)9-8-16-6-4-3-5-7-16/h3-9,17-18H,10-14H2,1-2H3,(H,21,23)/b9-8+. The Hall–Kier alpha value is -2.63. The van der Waals surface area contributed by atoms with Crippen molar-refractivity contribution in [1.82, 2.24) is 10.2 Å². The molecule has 140 valence electrons. The molecule has 1 aliphatic heterocycles. The third kappa shape index (κ3) is 6.02. The van der Waals surface area contributed by atoms with Crippen molar-refractivity contribution in [2.45, 2.75) is 32.2 Å². The molecule has 6 nitrogen and oxygen atoms in total. The average Bonchev–Trinajstić information content (AvgIpc) is 2.66. The van der Waals surface area contributed by atoms with Crippen LogP contribution in [0.25, 0.3) is 6.08 Å². The third-order valence-corrected chi connectivity index (χ3v) is 4.58. The molecule has 1 unspecified atom stereocenters. The number of esters is 1. The van der Waals surface area contributed by atoms with E-state index in [1.807, 2.05) is 41.3 Å². The van der Waals surface area contributed by atoms with E-state index in [1.54, 1.807) is 6.08 Å². The van der Waals surface area contributed by atoms with Crippen LogP contribution in [0.4, 0.5) is 0 Å². The van der Waals surface area contributed by atoms with Gasteiger partial charge in [-0.15, -0.1) is 0 Å². The number of piperidine rings is 1. The summed E-state index contributed by atoms with van der Waals surface area (Å²) in [5, 5.41) is 2.65. The fourth-order valence-electron chi connectivity index (χ4n) is 3.16. The van der Waals surface area contributed by atoms with Gasteiger partial charge in [0, 0.05) is 26.1 Å². The van der Waals surface area contributed by atoms with Crippen molar-refractivity contribution in [3.8, 4) is 0 Å². The second-order valence-corrected chi connectivity index (χ2v) is 6.52. The lowest BCUT2D eigenvalue weighted by Gasteiger charge is -2.32. The second-order valence-electron chi connectivity index (χ2n) is 6.52. The van der Waals surface area contributed by atoms with E-state index in [0.29, 0.717) is 19.5 Å². The average molecular weight is 358 g/mol. The molecule has 0 spiro atoms. The second kappa shape index (κ2) is 9.75. The van der Waals surface area contributed by atoms with Gasteiger partial charge in [-0.25, -0.2) is 4.79 Å². The molecule has 1 N–H and O–H groups in total. The van der Waals surface area contributed by atoms with E-state index in [9.17, 15) is 14.4 Å². The van der Waals surface area contributed by atoms with Crippen LogP contribution in [0.2, 0.25) is 0 Å². The zero-order valence-corrected chi connectivity index (χ0v) is 15.3. The Labute approximate surface area is 154 Å². The molecule has 0 aliphatic carbocycles. The van der Waals surface area contributed by atoms with Crippen LogP contribution in [0.15, 0.2) is 36.4 Å². The molecule has 1 atom stereocenters. The molecule has 0 bridgehead atoms. The monoisotopic (exact) mass is 358 g/mol. The number of hydrogen-bond acceptors (Lipinski definition) is 4. The molecule has 6 heteroatoms. The smallest absolute Gasteiger partial charge is 0.328 e. The van der Waals surface area contributed by atoms with Crippen LogP contribution in [0.1, 0.15) is 31.7 Å². The van der Waals surface area contributed by atoms with E-state index >= 15 is 0 Å². The summed E-state index contributed by atoms with van der Waals surface area (Å²) in [6.45, 7) is 2.68. The summed E-state index contributed by atoms with van der Waals surface area (Å²) in [4.78, 5) is 37.2. The maximum absolute atomic E-state index is 12.3. The number of amides is 2. The van der Waals surface area contributed by atoms with Crippen LogP contribution >= 0.6 is 0 Å². The number of likely N-dealkylation sites (tertiary alicyclic amines) is 1. The normalized spacial score (nSPS) is 16.3. The Kier molecular flexibility index (Phi) is 7.38. The molecule has 1 aromatic rings. The number of hydrogen-bond donors (Lipinski definition) is 1. The van der Waals surface area contributed by atoms with Gasteiger partial charge in [-0.3, -0.25) is 9.59 Å². The summed E-state index contributed by atoms with van der Waals surface area (Å²) in [5.74, 6) is -0.407. The van der Waals surface area contributed by atoms with Crippen LogP contribution in [0.5, 0.6) is 0 Å². The van der Waals surface area contributed by atoms with Gasteiger partial charge in [-0.1, -0.05) is 30.3 Å². The highest BCUT2D eigenvalue weighted by Crippen LogP contribution is 2.23. The molecule has 2 amide bonds. The summed E-state index contributed by atoms with van der Waals surface area (Å²) in [6, 6.07) is 9.08. The summed E-state index contributed by atoms with van der Waals surface area (Å²) < 4.78 is 4.76. The summed E-state index contributed by atoms with van der Waals surface area (Å²) in [5.41, 5.74) is 0.993. The Morgan fingerprint density at radius 3 is 2.46 bits per heavy atom. The van der Waals surface area contributed by atoms with Gasteiger partial charge >= 0.3 is 5.97 Å². The lowest BCUT2D eigenvalue weighted by atomic mass is 9.90. The maximum atomic E-state index is 12.3. The number of nitrogens with one attached hydrogen (secondary N) is 1. The molecule has 1 heterocycles. The van der Waals surface area contributed by atoms with Gasteiger partial charge in [-0.05, 0) is 36.8 Å². The van der Waals surface area contributed by atoms with Crippen molar-refractivity contribution < 1.29 is 19.1 Å². The molecule has 0 aromatic heterocycles. The highest BCUT2D eigenvalue weighted by Gasteiger charge is 2.28. The largest absolute Gasteiger partial charge is 0.467 e. The number of rotatable bonds is 6. The van der Waals surface area contributed by atoms with E-state index in [0.717, 1.165) is 18.4 Å². The Morgan fingerprint density at radius 1 is 1.23 bits per heavy atom. The lowest BCUT2D eigenvalue weighted by molar-refractivity contribution is -0.145. The SMILES string of the molecule is COC(=O)C(CC1CCN(C(=O)/C=C/c2ccccc2)CC1)NC(C)=O. The molecular formula is C20H26N2O4. The van der Waals surface area contributed by atoms with Gasteiger partial charge in [0.2, 0.25) is 11.8 Å². The van der Waals surface area contributed by atoms with E-state index in [4.69, 9.17) is 4.74 Å². The molecule has 1 fully saturated rings. The number of benzene rings is 1. The van der Waals surface area contributed by atoms with Crippen LogP contribution < -0.4 is 5.32 Å². The van der Waals surface area contributed by atoms with Gasteiger partial charge in [0.15, 0.2) is 0 Å². The first kappa shape index (κ1) is 19.7. The van der Waals surface area contributed by atoms with E-state index in [1.165, 1.54) is 14.0 Å². The maximum Gasteiger partial charge on any atom is 0.328 e. The first-order valence-corrected chi connectivity index (χ1v) is 8.86. The number of ether oxygens (including phenoxy) is 1. The van der Waals surface area contributed by atoms with Crippen molar-refractivity contribution in [2.75, 3.05) is 20.2 Å². The van der Waals surface area contributed by atoms with Gasteiger partial charge < -0.3 is 15.0 Å². The Balaban J connectivity index is 1.83. The molecule has 1 saturated heterocycles. The number of nitrogens with zero attached hydrogens (tertiary/aromatic N) is 1. The lowest BCUT2D eigenvalue weighted by Crippen LogP contribution is -2.44. The van der Waals surface area contributed by atoms with Crippen LogP contribution in [-0.4, -0.2) is 48.9 Å². The Bertz CT molecular complexity index is 649. The minimum Gasteiger partial charge on any atom is -0.467 e. The van der Waals surface area contributed by atoms with E-state index in [-0.39, 0.29) is 17.7 Å². The van der Waals surface area contributed by atoms with Gasteiger partial charge in [0.1, 0.15) is 6.04 Å². The van der Waals surface area contributed by atoms with Gasteiger partial charge in [0.25, 0.3) is 0 Å². The van der Waals surface area contributed by atoms with Crippen molar-refractivity contribution in [3.05, 3.63) is 42.0 Å². The van der Waals surface area contributed by atoms with Gasteiger partial charge in [0.05, 0.1) is 7.11 Å². The van der Waals surface area contributed by atoms with Crippen molar-refractivity contribution in [2.24, 2.45) is 5.92 Å². The molecule has 0 radical (unpaired) electrons. The summed E-state index contributed by atoms with van der Waals surface area (Å²) in [7, 11) is 1.32. The van der Waals surface area contributed by atoms with Crippen molar-refractivity contribution >= 4 is 23.9 Å². The minimum absolute atomic E-state index is 0.00122. The third-order valence-electron chi connectivity index (χ3n) is 4.58. The fraction of sp³-hybridized carbons (Fsp3) is 0.450. The highest BCUT2D eigenvalue weighted by molar-refractivity contribution is 5.91. The first-order valence-electron chi connectivity index (χ1n) is 8.86. The molecular weight excluding hydrogens is 332 g/mol. The summed E-state index contributed by atoms with van der Waals surface area (Å²) in [6.07, 6.45) is 5.56. The predicted molar refractivity (Wildman–Crippen MR) is 99.0 cm³/mol. The number of carbonyl (C=O) groups excluding carboxylic acids is 3. The number of carbonyl (C=O) groups is 3. The molecule has 26 heavy (non-hydrogen) atoms. The van der Waals surface area contributed by atoms with Crippen molar-refractivity contribution in [3.63, 3.8) is 0 Å². The van der Waals surface area contributed by atoms with Crippen LogP contribution in [0.3, 0.4) is 0 Å². The first-order chi connectivity index (χ1) is 12.5. The Morgan fingerprint density at radius 2 is 1.88 bits per heavy atom. The fourth-order valence-corrected chi connectivity index (χ4v) is 3.16. The van der Waals surface area contributed by atoms with E-state index < -0.39 is 12.0 Å². The molecule has 1 aliphatic rings. The zero-order chi connectivity index (χ0) is 18.9. The molecule has 2 rings (SSSR count). The van der Waals surface area contributed by atoms with E-state index in [2.05, 4.69) is 5.32 Å². The summed E-state index contributed by atoms with van der Waals surface area (Å²) >= 11 is 0. The van der Waals surface area contributed by atoms with Crippen LogP contribution in [0, 0.1) is 5.92 Å². The van der Waals surface area contributed by atoms with Gasteiger partial charge in [-0.2, -0.15) is 0 Å².